The summed E-state index contributed by atoms with van der Waals surface area (Å²) in [5, 5.41) is 9.16. The van der Waals surface area contributed by atoms with Crippen molar-refractivity contribution >= 4 is 5.97 Å². The molecule has 0 aliphatic carbocycles. The number of hydrogen-bond acceptors (Lipinski definition) is 3. The molecular formula is C12H23NO3. The second-order valence-electron chi connectivity index (χ2n) is 4.57. The summed E-state index contributed by atoms with van der Waals surface area (Å²) in [5.41, 5.74) is 0. The molecule has 1 aliphatic rings. The van der Waals surface area contributed by atoms with E-state index in [0.29, 0.717) is 0 Å². The Balaban J connectivity index is 2.39. The summed E-state index contributed by atoms with van der Waals surface area (Å²) in [7, 11) is 1.89. The molecule has 1 rings (SSSR count). The lowest BCUT2D eigenvalue weighted by molar-refractivity contribution is -0.143. The largest absolute Gasteiger partial charge is 0.480 e. The maximum atomic E-state index is 11.1. The Morgan fingerprint density at radius 1 is 1.62 bits per heavy atom. The van der Waals surface area contributed by atoms with Gasteiger partial charge < -0.3 is 9.84 Å². The van der Waals surface area contributed by atoms with Gasteiger partial charge >= 0.3 is 5.97 Å². The molecule has 2 atom stereocenters. The fourth-order valence-corrected chi connectivity index (χ4v) is 2.17. The van der Waals surface area contributed by atoms with Crippen molar-refractivity contribution in [2.24, 2.45) is 0 Å². The molecular weight excluding hydrogens is 206 g/mol. The van der Waals surface area contributed by atoms with Gasteiger partial charge in [0.1, 0.15) is 6.04 Å². The van der Waals surface area contributed by atoms with Crippen LogP contribution in [-0.2, 0) is 9.53 Å². The first kappa shape index (κ1) is 13.5. The predicted octanol–water partition coefficient (Wildman–Crippen LogP) is 1.74. The summed E-state index contributed by atoms with van der Waals surface area (Å²) in [4.78, 5) is 13.1. The van der Waals surface area contributed by atoms with Gasteiger partial charge in [0.25, 0.3) is 0 Å². The molecule has 0 amide bonds. The molecule has 0 aromatic rings. The van der Waals surface area contributed by atoms with Gasteiger partial charge in [-0.05, 0) is 26.3 Å². The number of carboxylic acids is 1. The van der Waals surface area contributed by atoms with Crippen LogP contribution in [0.5, 0.6) is 0 Å². The van der Waals surface area contributed by atoms with E-state index in [2.05, 4.69) is 6.92 Å². The van der Waals surface area contributed by atoms with Crippen LogP contribution in [0.2, 0.25) is 0 Å². The van der Waals surface area contributed by atoms with Gasteiger partial charge in [-0.3, -0.25) is 9.69 Å². The van der Waals surface area contributed by atoms with Gasteiger partial charge in [-0.1, -0.05) is 19.8 Å². The Morgan fingerprint density at radius 3 is 2.88 bits per heavy atom. The Kier molecular flexibility index (Phi) is 5.77. The van der Waals surface area contributed by atoms with E-state index in [1.165, 1.54) is 0 Å². The molecule has 16 heavy (non-hydrogen) atoms. The van der Waals surface area contributed by atoms with Crippen LogP contribution in [0.1, 0.15) is 39.0 Å². The first-order valence-corrected chi connectivity index (χ1v) is 6.19. The van der Waals surface area contributed by atoms with Gasteiger partial charge in [-0.25, -0.2) is 0 Å². The number of likely N-dealkylation sites (N-methyl/N-ethyl adjacent to an activating group) is 1. The molecule has 0 radical (unpaired) electrons. The predicted molar refractivity (Wildman–Crippen MR) is 62.6 cm³/mol. The minimum atomic E-state index is -0.714. The standard InChI is InChI=1S/C12H23NO3/c1-3-4-7-11(12(14)15)13(2)9-10-6-5-8-16-10/h10-11H,3-9H2,1-2H3,(H,14,15). The van der Waals surface area contributed by atoms with Crippen LogP contribution in [0.3, 0.4) is 0 Å². The van der Waals surface area contributed by atoms with Crippen LogP contribution in [-0.4, -0.2) is 48.3 Å². The Bertz CT molecular complexity index is 214. The number of rotatable bonds is 7. The monoisotopic (exact) mass is 229 g/mol. The third-order valence-electron chi connectivity index (χ3n) is 3.16. The normalized spacial score (nSPS) is 22.6. The summed E-state index contributed by atoms with van der Waals surface area (Å²) >= 11 is 0. The molecule has 4 nitrogen and oxygen atoms in total. The zero-order valence-corrected chi connectivity index (χ0v) is 10.3. The fourth-order valence-electron chi connectivity index (χ4n) is 2.17. The van der Waals surface area contributed by atoms with Crippen molar-refractivity contribution in [3.63, 3.8) is 0 Å². The number of unbranched alkanes of at least 4 members (excludes halogenated alkanes) is 1. The lowest BCUT2D eigenvalue weighted by Crippen LogP contribution is -2.42. The van der Waals surface area contributed by atoms with E-state index >= 15 is 0 Å². The number of ether oxygens (including phenoxy) is 1. The van der Waals surface area contributed by atoms with Gasteiger partial charge in [0.2, 0.25) is 0 Å². The fraction of sp³-hybridized carbons (Fsp3) is 0.917. The average Bonchev–Trinajstić information content (AvgIpc) is 2.70. The molecule has 0 spiro atoms. The molecule has 94 valence electrons. The molecule has 1 fully saturated rings. The number of nitrogens with zero attached hydrogens (tertiary/aromatic N) is 1. The Hall–Kier alpha value is -0.610. The molecule has 0 saturated carbocycles. The highest BCUT2D eigenvalue weighted by molar-refractivity contribution is 5.73. The van der Waals surface area contributed by atoms with Gasteiger partial charge in [0, 0.05) is 13.2 Å². The van der Waals surface area contributed by atoms with E-state index in [-0.39, 0.29) is 12.1 Å². The molecule has 1 aliphatic heterocycles. The van der Waals surface area contributed by atoms with Crippen LogP contribution in [0.4, 0.5) is 0 Å². The summed E-state index contributed by atoms with van der Waals surface area (Å²) in [6.45, 7) is 3.64. The Morgan fingerprint density at radius 2 is 2.38 bits per heavy atom. The maximum absolute atomic E-state index is 11.1. The molecule has 1 heterocycles. The van der Waals surface area contributed by atoms with E-state index in [1.807, 2.05) is 11.9 Å². The zero-order valence-electron chi connectivity index (χ0n) is 10.3. The number of hydrogen-bond donors (Lipinski definition) is 1. The van der Waals surface area contributed by atoms with Crippen molar-refractivity contribution in [3.8, 4) is 0 Å². The van der Waals surface area contributed by atoms with Crippen molar-refractivity contribution in [1.82, 2.24) is 4.90 Å². The minimum absolute atomic E-state index is 0.230. The molecule has 1 saturated heterocycles. The highest BCUT2D eigenvalue weighted by atomic mass is 16.5. The van der Waals surface area contributed by atoms with Crippen molar-refractivity contribution in [3.05, 3.63) is 0 Å². The van der Waals surface area contributed by atoms with Crippen molar-refractivity contribution in [1.29, 1.82) is 0 Å². The molecule has 0 bridgehead atoms. The summed E-state index contributed by atoms with van der Waals surface area (Å²) in [6, 6.07) is -0.357. The minimum Gasteiger partial charge on any atom is -0.480 e. The molecule has 4 heteroatoms. The quantitative estimate of drug-likeness (QED) is 0.722. The number of carboxylic acid groups (broad SMARTS) is 1. The van der Waals surface area contributed by atoms with Crippen LogP contribution < -0.4 is 0 Å². The topological polar surface area (TPSA) is 49.8 Å². The van der Waals surface area contributed by atoms with E-state index in [9.17, 15) is 4.79 Å². The van der Waals surface area contributed by atoms with Gasteiger partial charge in [-0.2, -0.15) is 0 Å². The van der Waals surface area contributed by atoms with Crippen LogP contribution >= 0.6 is 0 Å². The molecule has 1 N–H and O–H groups in total. The van der Waals surface area contributed by atoms with E-state index in [1.54, 1.807) is 0 Å². The number of carbonyl (C=O) groups is 1. The first-order chi connectivity index (χ1) is 7.65. The van der Waals surface area contributed by atoms with Gasteiger partial charge in [0.05, 0.1) is 6.10 Å². The lowest BCUT2D eigenvalue weighted by atomic mass is 10.1. The SMILES string of the molecule is CCCCC(C(=O)O)N(C)CC1CCCO1. The van der Waals surface area contributed by atoms with E-state index in [0.717, 1.165) is 45.3 Å². The second kappa shape index (κ2) is 6.86. The number of aliphatic carboxylic acids is 1. The van der Waals surface area contributed by atoms with Crippen LogP contribution in [0.25, 0.3) is 0 Å². The molecule has 2 unspecified atom stereocenters. The summed E-state index contributed by atoms with van der Waals surface area (Å²) in [5.74, 6) is -0.714. The molecule has 0 aromatic heterocycles. The maximum Gasteiger partial charge on any atom is 0.320 e. The lowest BCUT2D eigenvalue weighted by Gasteiger charge is -2.26. The third-order valence-corrected chi connectivity index (χ3v) is 3.16. The second-order valence-corrected chi connectivity index (χ2v) is 4.57. The van der Waals surface area contributed by atoms with E-state index in [4.69, 9.17) is 9.84 Å². The highest BCUT2D eigenvalue weighted by Gasteiger charge is 2.25. The van der Waals surface area contributed by atoms with Crippen molar-refractivity contribution < 1.29 is 14.6 Å². The summed E-state index contributed by atoms with van der Waals surface area (Å²) in [6.07, 6.45) is 5.13. The highest BCUT2D eigenvalue weighted by Crippen LogP contribution is 2.15. The van der Waals surface area contributed by atoms with Crippen molar-refractivity contribution in [2.45, 2.75) is 51.2 Å². The van der Waals surface area contributed by atoms with Crippen LogP contribution in [0.15, 0.2) is 0 Å². The third kappa shape index (κ3) is 4.10. The Labute approximate surface area is 97.6 Å². The average molecular weight is 229 g/mol. The zero-order chi connectivity index (χ0) is 12.0. The van der Waals surface area contributed by atoms with Crippen molar-refractivity contribution in [2.75, 3.05) is 20.2 Å². The van der Waals surface area contributed by atoms with Gasteiger partial charge in [0.15, 0.2) is 0 Å². The van der Waals surface area contributed by atoms with Crippen LogP contribution in [0, 0.1) is 0 Å². The molecule has 0 aromatic carbocycles. The van der Waals surface area contributed by atoms with Gasteiger partial charge in [-0.15, -0.1) is 0 Å². The van der Waals surface area contributed by atoms with E-state index < -0.39 is 5.97 Å². The smallest absolute Gasteiger partial charge is 0.320 e. The summed E-state index contributed by atoms with van der Waals surface area (Å²) < 4.78 is 5.52. The first-order valence-electron chi connectivity index (χ1n) is 6.19.